The van der Waals surface area contributed by atoms with Gasteiger partial charge in [-0.3, -0.25) is 4.79 Å². The van der Waals surface area contributed by atoms with Gasteiger partial charge in [0.2, 0.25) is 5.88 Å². The number of aromatic nitrogens is 1. The minimum atomic E-state index is -0.380. The number of ketones is 1. The average Bonchev–Trinajstić information content (AvgIpc) is 2.50. The number of hydrogen-bond acceptors (Lipinski definition) is 4. The number of pyridine rings is 1. The quantitative estimate of drug-likeness (QED) is 0.886. The van der Waals surface area contributed by atoms with Crippen LogP contribution in [0, 0.1) is 5.41 Å². The minimum absolute atomic E-state index is 0.128. The molecule has 0 spiro atoms. The van der Waals surface area contributed by atoms with Gasteiger partial charge in [0.1, 0.15) is 0 Å². The number of rotatable bonds is 5. The Morgan fingerprint density at radius 3 is 2.36 bits per heavy atom. The van der Waals surface area contributed by atoms with Crippen LogP contribution in [0.15, 0.2) is 30.3 Å². The van der Waals surface area contributed by atoms with Crippen molar-refractivity contribution in [3.8, 4) is 5.88 Å². The van der Waals surface area contributed by atoms with E-state index >= 15 is 0 Å². The Morgan fingerprint density at radius 1 is 1.12 bits per heavy atom. The number of ether oxygens (including phenoxy) is 1. The number of fused-ring (bicyclic) bond motifs is 1. The van der Waals surface area contributed by atoms with Gasteiger partial charge in [-0.05, 0) is 51.0 Å². The molecule has 1 heterocycles. The van der Waals surface area contributed by atoms with Crippen molar-refractivity contribution < 1.29 is 9.53 Å². The smallest absolute Gasteiger partial charge is 0.213 e. The summed E-state index contributed by atoms with van der Waals surface area (Å²) in [6.07, 6.45) is 0.662. The number of nitrogens with one attached hydrogen (secondary N) is 1. The molecule has 0 aliphatic heterocycles. The summed E-state index contributed by atoms with van der Waals surface area (Å²) in [7, 11) is 1.61. The fourth-order valence-electron chi connectivity index (χ4n) is 2.89. The number of carbonyl (C=O) groups is 1. The molecule has 0 saturated carbocycles. The Balaban J connectivity index is 2.31. The molecule has 25 heavy (non-hydrogen) atoms. The highest BCUT2D eigenvalue weighted by Gasteiger charge is 2.32. The van der Waals surface area contributed by atoms with Gasteiger partial charge in [-0.2, -0.15) is 0 Å². The van der Waals surface area contributed by atoms with Crippen LogP contribution in [0.3, 0.4) is 0 Å². The van der Waals surface area contributed by atoms with Gasteiger partial charge < -0.3 is 10.1 Å². The molecule has 136 valence electrons. The molecule has 0 radical (unpaired) electrons. The largest absolute Gasteiger partial charge is 0.481 e. The second kappa shape index (κ2) is 7.12. The van der Waals surface area contributed by atoms with Crippen LogP contribution in [0.5, 0.6) is 5.88 Å². The molecule has 2 aromatic rings. The van der Waals surface area contributed by atoms with Crippen molar-refractivity contribution in [3.05, 3.63) is 35.9 Å². The SMILES string of the molecule is COc1ccc2cc(CC(NC(C)(C)C)C(=O)C(C)(C)C)ccc2n1. The topological polar surface area (TPSA) is 51.2 Å². The van der Waals surface area contributed by atoms with Crippen LogP contribution in [0.25, 0.3) is 10.9 Å². The third kappa shape index (κ3) is 5.27. The van der Waals surface area contributed by atoms with Crippen molar-refractivity contribution in [3.63, 3.8) is 0 Å². The number of carbonyl (C=O) groups excluding carboxylic acids is 1. The first kappa shape index (κ1) is 19.4. The molecule has 0 fully saturated rings. The summed E-state index contributed by atoms with van der Waals surface area (Å²) in [4.78, 5) is 17.3. The first-order chi connectivity index (χ1) is 11.5. The molecule has 4 heteroatoms. The maximum absolute atomic E-state index is 12.9. The number of benzene rings is 1. The van der Waals surface area contributed by atoms with Crippen LogP contribution < -0.4 is 10.1 Å². The molecule has 0 amide bonds. The number of hydrogen-bond donors (Lipinski definition) is 1. The first-order valence-electron chi connectivity index (χ1n) is 8.75. The van der Waals surface area contributed by atoms with Gasteiger partial charge in [-0.25, -0.2) is 4.98 Å². The second-order valence-electron chi connectivity index (χ2n) is 8.65. The zero-order valence-electron chi connectivity index (χ0n) is 16.4. The maximum Gasteiger partial charge on any atom is 0.213 e. The highest BCUT2D eigenvalue weighted by Crippen LogP contribution is 2.23. The highest BCUT2D eigenvalue weighted by atomic mass is 16.5. The van der Waals surface area contributed by atoms with E-state index in [1.54, 1.807) is 7.11 Å². The molecule has 0 bridgehead atoms. The van der Waals surface area contributed by atoms with E-state index in [0.717, 1.165) is 16.5 Å². The van der Waals surface area contributed by atoms with Crippen LogP contribution in [0.1, 0.15) is 47.1 Å². The van der Waals surface area contributed by atoms with Crippen molar-refractivity contribution in [2.24, 2.45) is 5.41 Å². The summed E-state index contributed by atoms with van der Waals surface area (Å²) in [6.45, 7) is 12.2. The molecule has 1 N–H and O–H groups in total. The van der Waals surface area contributed by atoms with Crippen LogP contribution in [0.2, 0.25) is 0 Å². The Hall–Kier alpha value is -1.94. The van der Waals surface area contributed by atoms with Crippen LogP contribution >= 0.6 is 0 Å². The predicted molar refractivity (Wildman–Crippen MR) is 103 cm³/mol. The summed E-state index contributed by atoms with van der Waals surface area (Å²) in [5, 5.41) is 4.54. The molecule has 1 aromatic heterocycles. The summed E-state index contributed by atoms with van der Waals surface area (Å²) in [5.74, 6) is 0.839. The third-order valence-electron chi connectivity index (χ3n) is 4.04. The molecular formula is C21H30N2O2. The summed E-state index contributed by atoms with van der Waals surface area (Å²) in [5.41, 5.74) is 1.51. The fraction of sp³-hybridized carbons (Fsp3) is 0.524. The van der Waals surface area contributed by atoms with Crippen LogP contribution in [0.4, 0.5) is 0 Å². The summed E-state index contributed by atoms with van der Waals surface area (Å²) >= 11 is 0. The van der Waals surface area contributed by atoms with E-state index in [1.165, 1.54) is 0 Å². The van der Waals surface area contributed by atoms with Crippen molar-refractivity contribution in [2.45, 2.75) is 59.5 Å². The zero-order chi connectivity index (χ0) is 18.8. The van der Waals surface area contributed by atoms with E-state index in [9.17, 15) is 4.79 Å². The van der Waals surface area contributed by atoms with Gasteiger partial charge in [0.05, 0.1) is 18.7 Å². The average molecular weight is 342 g/mol. The highest BCUT2D eigenvalue weighted by molar-refractivity contribution is 5.89. The summed E-state index contributed by atoms with van der Waals surface area (Å²) < 4.78 is 5.18. The van der Waals surface area contributed by atoms with Crippen molar-refractivity contribution in [1.29, 1.82) is 0 Å². The molecule has 1 aromatic carbocycles. The Kier molecular flexibility index (Phi) is 5.52. The van der Waals surface area contributed by atoms with Crippen molar-refractivity contribution in [2.75, 3.05) is 7.11 Å². The van der Waals surface area contributed by atoms with E-state index in [4.69, 9.17) is 4.74 Å². The standard InChI is InChI=1S/C21H30N2O2/c1-20(2,3)19(24)17(23-21(4,5)6)13-14-8-10-16-15(12-14)9-11-18(22-16)25-7/h8-12,17,23H,13H2,1-7H3. The number of methoxy groups -OCH3 is 1. The lowest BCUT2D eigenvalue weighted by Crippen LogP contribution is -2.51. The zero-order valence-corrected chi connectivity index (χ0v) is 16.4. The summed E-state index contributed by atoms with van der Waals surface area (Å²) in [6, 6.07) is 9.78. The molecular weight excluding hydrogens is 312 g/mol. The first-order valence-corrected chi connectivity index (χ1v) is 8.75. The van der Waals surface area contributed by atoms with Crippen LogP contribution in [-0.2, 0) is 11.2 Å². The lowest BCUT2D eigenvalue weighted by atomic mass is 9.83. The molecule has 0 aliphatic rings. The van der Waals surface area contributed by atoms with Crippen LogP contribution in [-0.4, -0.2) is 29.5 Å². The molecule has 0 saturated heterocycles. The lowest BCUT2D eigenvalue weighted by molar-refractivity contribution is -0.128. The monoisotopic (exact) mass is 342 g/mol. The minimum Gasteiger partial charge on any atom is -0.481 e. The third-order valence-corrected chi connectivity index (χ3v) is 4.04. The van der Waals surface area contributed by atoms with Gasteiger partial charge in [0, 0.05) is 22.4 Å². The Morgan fingerprint density at radius 2 is 1.80 bits per heavy atom. The second-order valence-corrected chi connectivity index (χ2v) is 8.65. The molecule has 1 unspecified atom stereocenters. The van der Waals surface area contributed by atoms with E-state index in [0.29, 0.717) is 12.3 Å². The van der Waals surface area contributed by atoms with E-state index in [1.807, 2.05) is 45.0 Å². The predicted octanol–water partition coefficient (Wildman–Crippen LogP) is 4.16. The van der Waals surface area contributed by atoms with E-state index < -0.39 is 0 Å². The van der Waals surface area contributed by atoms with Gasteiger partial charge >= 0.3 is 0 Å². The molecule has 4 nitrogen and oxygen atoms in total. The Labute approximate surface area is 151 Å². The Bertz CT molecular complexity index is 755. The normalized spacial score (nSPS) is 13.7. The molecule has 2 rings (SSSR count). The van der Waals surface area contributed by atoms with Gasteiger partial charge in [-0.15, -0.1) is 0 Å². The molecule has 1 atom stereocenters. The fourth-order valence-corrected chi connectivity index (χ4v) is 2.89. The van der Waals surface area contributed by atoms with E-state index in [2.05, 4.69) is 37.1 Å². The van der Waals surface area contributed by atoms with E-state index in [-0.39, 0.29) is 22.8 Å². The number of Topliss-reactive ketones (excluding diaryl/α,β-unsaturated/α-hetero) is 1. The maximum atomic E-state index is 12.9. The van der Waals surface area contributed by atoms with Gasteiger partial charge in [0.15, 0.2) is 5.78 Å². The lowest BCUT2D eigenvalue weighted by Gasteiger charge is -2.32. The van der Waals surface area contributed by atoms with Crippen molar-refractivity contribution >= 4 is 16.7 Å². The van der Waals surface area contributed by atoms with Gasteiger partial charge in [0.25, 0.3) is 0 Å². The molecule has 0 aliphatic carbocycles. The number of nitrogens with zero attached hydrogens (tertiary/aromatic N) is 1. The van der Waals surface area contributed by atoms with Crippen molar-refractivity contribution in [1.82, 2.24) is 10.3 Å². The van der Waals surface area contributed by atoms with Gasteiger partial charge in [-0.1, -0.05) is 26.8 Å².